The second-order valence-electron chi connectivity index (χ2n) is 4.06. The average molecular weight is 314 g/mol. The molecule has 9 heteroatoms. The molecule has 0 saturated carbocycles. The number of nitrogens with zero attached hydrogens (tertiary/aromatic N) is 5. The van der Waals surface area contributed by atoms with Gasteiger partial charge in [0.15, 0.2) is 0 Å². The van der Waals surface area contributed by atoms with Gasteiger partial charge in [-0.15, -0.1) is 16.4 Å². The van der Waals surface area contributed by atoms with Crippen molar-refractivity contribution in [2.75, 3.05) is 26.8 Å². The molecule has 20 heavy (non-hydrogen) atoms. The van der Waals surface area contributed by atoms with Crippen LogP contribution in [0.25, 0.3) is 0 Å². The number of hydrogen-bond acceptors (Lipinski definition) is 8. The number of ether oxygens (including phenoxy) is 1. The zero-order chi connectivity index (χ0) is 14.2. The van der Waals surface area contributed by atoms with E-state index in [1.807, 2.05) is 17.8 Å². The maximum Gasteiger partial charge on any atom is 0.209 e. The van der Waals surface area contributed by atoms with Gasteiger partial charge in [0.25, 0.3) is 0 Å². The van der Waals surface area contributed by atoms with Crippen LogP contribution in [0.4, 0.5) is 0 Å². The van der Waals surface area contributed by atoms with Crippen molar-refractivity contribution >= 4 is 23.1 Å². The predicted molar refractivity (Wildman–Crippen MR) is 79.0 cm³/mol. The number of thiazole rings is 1. The minimum atomic E-state index is 0.710. The van der Waals surface area contributed by atoms with Gasteiger partial charge in [0.1, 0.15) is 0 Å². The highest BCUT2D eigenvalue weighted by atomic mass is 32.2. The Kier molecular flexibility index (Phi) is 6.37. The van der Waals surface area contributed by atoms with Crippen LogP contribution in [0.2, 0.25) is 0 Å². The minimum Gasteiger partial charge on any atom is -0.383 e. The van der Waals surface area contributed by atoms with Gasteiger partial charge in [0, 0.05) is 37.0 Å². The summed E-state index contributed by atoms with van der Waals surface area (Å²) in [6, 6.07) is 0. The van der Waals surface area contributed by atoms with E-state index in [9.17, 15) is 0 Å². The lowest BCUT2D eigenvalue weighted by Gasteiger charge is -2.05. The SMILES string of the molecule is COCCNCCn1nnnc1SCc1cnc(C)s1. The van der Waals surface area contributed by atoms with Gasteiger partial charge in [-0.05, 0) is 17.4 Å². The van der Waals surface area contributed by atoms with E-state index in [-0.39, 0.29) is 0 Å². The van der Waals surface area contributed by atoms with Crippen LogP contribution in [0.15, 0.2) is 11.4 Å². The number of thioether (sulfide) groups is 1. The van der Waals surface area contributed by atoms with Gasteiger partial charge in [-0.1, -0.05) is 11.8 Å². The average Bonchev–Trinajstić information content (AvgIpc) is 3.05. The third kappa shape index (κ3) is 4.82. The van der Waals surface area contributed by atoms with Crippen molar-refractivity contribution in [3.05, 3.63) is 16.1 Å². The third-order valence-electron chi connectivity index (χ3n) is 2.50. The van der Waals surface area contributed by atoms with E-state index in [2.05, 4.69) is 25.8 Å². The number of rotatable bonds is 9. The first-order valence-electron chi connectivity index (χ1n) is 6.29. The lowest BCUT2D eigenvalue weighted by Crippen LogP contribution is -2.24. The molecular weight excluding hydrogens is 296 g/mol. The van der Waals surface area contributed by atoms with Crippen LogP contribution in [0.5, 0.6) is 0 Å². The molecule has 0 aliphatic rings. The molecule has 7 nitrogen and oxygen atoms in total. The first-order chi connectivity index (χ1) is 9.79. The molecule has 0 aromatic carbocycles. The minimum absolute atomic E-state index is 0.710. The van der Waals surface area contributed by atoms with Crippen molar-refractivity contribution < 1.29 is 4.74 Å². The highest BCUT2D eigenvalue weighted by Gasteiger charge is 2.08. The lowest BCUT2D eigenvalue weighted by molar-refractivity contribution is 0.199. The van der Waals surface area contributed by atoms with Crippen LogP contribution in [0.3, 0.4) is 0 Å². The van der Waals surface area contributed by atoms with E-state index in [1.165, 1.54) is 4.88 Å². The smallest absolute Gasteiger partial charge is 0.209 e. The summed E-state index contributed by atoms with van der Waals surface area (Å²) in [7, 11) is 1.69. The summed E-state index contributed by atoms with van der Waals surface area (Å²) in [4.78, 5) is 5.48. The molecule has 2 aromatic rings. The van der Waals surface area contributed by atoms with Crippen molar-refractivity contribution in [2.45, 2.75) is 24.4 Å². The van der Waals surface area contributed by atoms with Crippen molar-refractivity contribution in [3.63, 3.8) is 0 Å². The van der Waals surface area contributed by atoms with E-state index in [0.29, 0.717) is 6.61 Å². The summed E-state index contributed by atoms with van der Waals surface area (Å²) >= 11 is 3.34. The third-order valence-corrected chi connectivity index (χ3v) is 4.60. The summed E-state index contributed by atoms with van der Waals surface area (Å²) < 4.78 is 6.79. The van der Waals surface area contributed by atoms with Gasteiger partial charge in [0.05, 0.1) is 18.2 Å². The van der Waals surface area contributed by atoms with Crippen molar-refractivity contribution in [3.8, 4) is 0 Å². The molecular formula is C11H18N6OS2. The van der Waals surface area contributed by atoms with E-state index in [4.69, 9.17) is 4.74 Å². The Balaban J connectivity index is 1.76. The molecule has 1 N–H and O–H groups in total. The molecule has 0 saturated heterocycles. The Morgan fingerprint density at radius 3 is 3.10 bits per heavy atom. The second kappa shape index (κ2) is 8.30. The van der Waals surface area contributed by atoms with Crippen molar-refractivity contribution in [1.29, 1.82) is 0 Å². The largest absolute Gasteiger partial charge is 0.383 e. The van der Waals surface area contributed by atoms with E-state index in [1.54, 1.807) is 30.2 Å². The molecule has 2 rings (SSSR count). The monoisotopic (exact) mass is 314 g/mol. The molecule has 0 spiro atoms. The second-order valence-corrected chi connectivity index (χ2v) is 6.32. The summed E-state index contributed by atoms with van der Waals surface area (Å²) in [5, 5.41) is 17.0. The summed E-state index contributed by atoms with van der Waals surface area (Å²) in [5.41, 5.74) is 0. The standard InChI is InChI=1S/C11H18N6OS2/c1-9-13-7-10(20-9)8-19-11-14-15-16-17(11)5-3-12-4-6-18-2/h7,12H,3-6,8H2,1-2H3. The van der Waals surface area contributed by atoms with E-state index in [0.717, 1.165) is 35.6 Å². The molecule has 0 unspecified atom stereocenters. The van der Waals surface area contributed by atoms with Crippen LogP contribution in [-0.4, -0.2) is 52.0 Å². The molecule has 0 amide bonds. The summed E-state index contributed by atoms with van der Waals surface area (Å²) in [5.74, 6) is 0.850. The van der Waals surface area contributed by atoms with Crippen LogP contribution < -0.4 is 5.32 Å². The Bertz CT molecular complexity index is 514. The molecule has 0 bridgehead atoms. The normalized spacial score (nSPS) is 11.1. The van der Waals surface area contributed by atoms with Gasteiger partial charge in [-0.2, -0.15) is 0 Å². The van der Waals surface area contributed by atoms with Crippen LogP contribution >= 0.6 is 23.1 Å². The quantitative estimate of drug-likeness (QED) is 0.546. The predicted octanol–water partition coefficient (Wildman–Crippen LogP) is 0.966. The molecule has 0 radical (unpaired) electrons. The van der Waals surface area contributed by atoms with Crippen LogP contribution in [0.1, 0.15) is 9.88 Å². The summed E-state index contributed by atoms with van der Waals surface area (Å²) in [6.07, 6.45) is 1.91. The Morgan fingerprint density at radius 1 is 1.45 bits per heavy atom. The number of tetrazole rings is 1. The van der Waals surface area contributed by atoms with Gasteiger partial charge in [0.2, 0.25) is 5.16 Å². The van der Waals surface area contributed by atoms with Gasteiger partial charge < -0.3 is 10.1 Å². The van der Waals surface area contributed by atoms with E-state index >= 15 is 0 Å². The van der Waals surface area contributed by atoms with Crippen molar-refractivity contribution in [1.82, 2.24) is 30.5 Å². The molecule has 0 aliphatic carbocycles. The highest BCUT2D eigenvalue weighted by Crippen LogP contribution is 2.23. The lowest BCUT2D eigenvalue weighted by atomic mass is 10.6. The fourth-order valence-electron chi connectivity index (χ4n) is 1.53. The Labute approximate surface area is 126 Å². The van der Waals surface area contributed by atoms with Crippen molar-refractivity contribution in [2.24, 2.45) is 0 Å². The van der Waals surface area contributed by atoms with Gasteiger partial charge in [-0.25, -0.2) is 9.67 Å². The fraction of sp³-hybridized carbons (Fsp3) is 0.636. The first-order valence-corrected chi connectivity index (χ1v) is 8.09. The Morgan fingerprint density at radius 2 is 2.35 bits per heavy atom. The number of hydrogen-bond donors (Lipinski definition) is 1. The molecule has 0 aliphatic heterocycles. The number of methoxy groups -OCH3 is 1. The molecule has 110 valence electrons. The number of aromatic nitrogens is 5. The zero-order valence-corrected chi connectivity index (χ0v) is 13.2. The maximum atomic E-state index is 4.97. The molecule has 2 aromatic heterocycles. The van der Waals surface area contributed by atoms with Gasteiger partial charge in [-0.3, -0.25) is 0 Å². The molecule has 2 heterocycles. The first kappa shape index (κ1) is 15.4. The fourth-order valence-corrected chi connectivity index (χ4v) is 3.25. The topological polar surface area (TPSA) is 77.8 Å². The number of aryl methyl sites for hydroxylation is 1. The zero-order valence-electron chi connectivity index (χ0n) is 11.6. The van der Waals surface area contributed by atoms with Crippen LogP contribution in [-0.2, 0) is 17.0 Å². The maximum absolute atomic E-state index is 4.97. The molecule has 0 atom stereocenters. The molecule has 0 fully saturated rings. The summed E-state index contributed by atoms with van der Waals surface area (Å²) in [6.45, 7) is 5.13. The van der Waals surface area contributed by atoms with Crippen LogP contribution in [0, 0.1) is 6.92 Å². The number of nitrogens with one attached hydrogen (secondary N) is 1. The Hall–Kier alpha value is -1.03. The highest BCUT2D eigenvalue weighted by molar-refractivity contribution is 7.98. The van der Waals surface area contributed by atoms with E-state index < -0.39 is 0 Å². The van der Waals surface area contributed by atoms with Gasteiger partial charge >= 0.3 is 0 Å².